The molecule has 0 fully saturated rings. The Bertz CT molecular complexity index is 1080. The van der Waals surface area contributed by atoms with Gasteiger partial charge in [-0.3, -0.25) is 14.2 Å². The van der Waals surface area contributed by atoms with Gasteiger partial charge in [0.15, 0.2) is 11.4 Å². The van der Waals surface area contributed by atoms with E-state index in [1.165, 1.54) is 0 Å². The number of nitrogens with zero attached hydrogens (tertiary/aromatic N) is 4. The summed E-state index contributed by atoms with van der Waals surface area (Å²) < 4.78 is 9.10. The molecular formula is C16H14N6O2. The Balaban J connectivity index is 1.63. The molecule has 1 aliphatic rings. The normalized spacial score (nSPS) is 14.2. The number of benzene rings is 1. The molecule has 0 amide bonds. The average Bonchev–Trinajstić information content (AvgIpc) is 3.29. The van der Waals surface area contributed by atoms with Crippen molar-refractivity contribution >= 4 is 11.1 Å². The van der Waals surface area contributed by atoms with Crippen LogP contribution in [0.25, 0.3) is 28.3 Å². The third-order valence-corrected chi connectivity index (χ3v) is 4.22. The van der Waals surface area contributed by atoms with E-state index >= 15 is 0 Å². The third kappa shape index (κ3) is 2.00. The summed E-state index contributed by atoms with van der Waals surface area (Å²) in [5, 5.41) is 7.99. The number of nitrogens with one attached hydrogen (secondary N) is 2. The number of fused-ring (bicyclic) bond motifs is 2. The molecule has 0 saturated carbocycles. The van der Waals surface area contributed by atoms with E-state index < -0.39 is 5.76 Å². The molecule has 0 bridgehead atoms. The molecule has 0 aliphatic carbocycles. The van der Waals surface area contributed by atoms with E-state index in [4.69, 9.17) is 4.42 Å². The molecule has 1 aliphatic heterocycles. The van der Waals surface area contributed by atoms with Crippen molar-refractivity contribution in [3.8, 4) is 17.2 Å². The maximum atomic E-state index is 11.3. The number of oxazole rings is 1. The quantitative estimate of drug-likeness (QED) is 0.580. The van der Waals surface area contributed by atoms with Crippen molar-refractivity contribution in [2.24, 2.45) is 0 Å². The van der Waals surface area contributed by atoms with Gasteiger partial charge in [0.25, 0.3) is 0 Å². The molecule has 0 saturated heterocycles. The lowest BCUT2D eigenvalue weighted by atomic mass is 10.2. The molecule has 120 valence electrons. The molecule has 0 spiro atoms. The van der Waals surface area contributed by atoms with E-state index in [1.807, 2.05) is 33.6 Å². The van der Waals surface area contributed by atoms with Gasteiger partial charge in [-0.05, 0) is 18.2 Å². The van der Waals surface area contributed by atoms with Crippen LogP contribution in [0.1, 0.15) is 5.69 Å². The Hall–Kier alpha value is -3.13. The predicted molar refractivity (Wildman–Crippen MR) is 86.9 cm³/mol. The van der Waals surface area contributed by atoms with E-state index in [0.29, 0.717) is 11.1 Å². The van der Waals surface area contributed by atoms with Crippen molar-refractivity contribution in [3.63, 3.8) is 0 Å². The lowest BCUT2D eigenvalue weighted by molar-refractivity contribution is 0.476. The fourth-order valence-electron chi connectivity index (χ4n) is 3.09. The number of H-pyrrole nitrogens is 1. The lowest BCUT2D eigenvalue weighted by Crippen LogP contribution is -2.28. The molecule has 24 heavy (non-hydrogen) atoms. The van der Waals surface area contributed by atoms with Crippen molar-refractivity contribution in [2.45, 2.75) is 13.1 Å². The van der Waals surface area contributed by atoms with Crippen molar-refractivity contribution in [1.29, 1.82) is 0 Å². The second-order valence-electron chi connectivity index (χ2n) is 5.74. The maximum absolute atomic E-state index is 11.3. The highest BCUT2D eigenvalue weighted by Crippen LogP contribution is 2.24. The predicted octanol–water partition coefficient (Wildman–Crippen LogP) is 1.27. The molecule has 3 aromatic heterocycles. The lowest BCUT2D eigenvalue weighted by Gasteiger charge is -2.13. The van der Waals surface area contributed by atoms with Crippen LogP contribution in [0.4, 0.5) is 0 Å². The molecule has 8 nitrogen and oxygen atoms in total. The number of hydrogen-bond acceptors (Lipinski definition) is 5. The Morgan fingerprint density at radius 1 is 1.25 bits per heavy atom. The summed E-state index contributed by atoms with van der Waals surface area (Å²) in [6.07, 6.45) is 3.61. The Kier molecular flexibility index (Phi) is 2.74. The van der Waals surface area contributed by atoms with Crippen molar-refractivity contribution in [3.05, 3.63) is 52.9 Å². The first kappa shape index (κ1) is 13.3. The number of hydrogen-bond donors (Lipinski definition) is 2. The van der Waals surface area contributed by atoms with Gasteiger partial charge in [0.05, 0.1) is 23.4 Å². The number of aromatic nitrogens is 5. The van der Waals surface area contributed by atoms with Crippen molar-refractivity contribution < 1.29 is 4.42 Å². The summed E-state index contributed by atoms with van der Waals surface area (Å²) >= 11 is 0. The summed E-state index contributed by atoms with van der Waals surface area (Å²) in [6, 6.07) is 7.61. The van der Waals surface area contributed by atoms with E-state index in [2.05, 4.69) is 26.4 Å². The fourth-order valence-corrected chi connectivity index (χ4v) is 3.09. The molecule has 0 radical (unpaired) electrons. The molecule has 4 aromatic rings. The minimum Gasteiger partial charge on any atom is -0.408 e. The molecule has 0 atom stereocenters. The van der Waals surface area contributed by atoms with Gasteiger partial charge in [-0.15, -0.1) is 0 Å². The van der Waals surface area contributed by atoms with Crippen LogP contribution in [0.5, 0.6) is 0 Å². The minimum absolute atomic E-state index is 0.456. The summed E-state index contributed by atoms with van der Waals surface area (Å²) in [5.74, 6) is 0.302. The first-order valence-electron chi connectivity index (χ1n) is 7.72. The Morgan fingerprint density at radius 2 is 2.21 bits per heavy atom. The molecular weight excluding hydrogens is 308 g/mol. The van der Waals surface area contributed by atoms with Gasteiger partial charge in [-0.2, -0.15) is 5.10 Å². The van der Waals surface area contributed by atoms with Gasteiger partial charge in [0.2, 0.25) is 0 Å². The molecule has 1 aromatic carbocycles. The highest BCUT2D eigenvalue weighted by molar-refractivity contribution is 5.75. The zero-order chi connectivity index (χ0) is 16.1. The minimum atomic E-state index is -0.456. The second kappa shape index (κ2) is 4.93. The number of rotatable bonds is 2. The number of imidazole rings is 1. The summed E-state index contributed by atoms with van der Waals surface area (Å²) in [4.78, 5) is 18.4. The van der Waals surface area contributed by atoms with E-state index in [0.717, 1.165) is 42.5 Å². The first-order valence-corrected chi connectivity index (χ1v) is 7.72. The summed E-state index contributed by atoms with van der Waals surface area (Å²) in [5.41, 5.74) is 4.04. The maximum Gasteiger partial charge on any atom is 0.417 e. The second-order valence-corrected chi connectivity index (χ2v) is 5.74. The van der Waals surface area contributed by atoms with Crippen molar-refractivity contribution in [1.82, 2.24) is 29.6 Å². The van der Waals surface area contributed by atoms with Crippen LogP contribution in [0, 0.1) is 0 Å². The van der Waals surface area contributed by atoms with Crippen LogP contribution in [0.3, 0.4) is 0 Å². The monoisotopic (exact) mass is 322 g/mol. The van der Waals surface area contributed by atoms with Crippen LogP contribution in [0.15, 0.2) is 45.9 Å². The van der Waals surface area contributed by atoms with E-state index in [9.17, 15) is 4.79 Å². The molecule has 0 unspecified atom stereocenters. The van der Waals surface area contributed by atoms with Crippen LogP contribution in [-0.4, -0.2) is 30.9 Å². The van der Waals surface area contributed by atoms with Gasteiger partial charge in [0.1, 0.15) is 5.69 Å². The van der Waals surface area contributed by atoms with Gasteiger partial charge < -0.3 is 9.73 Å². The van der Waals surface area contributed by atoms with E-state index in [1.54, 1.807) is 6.20 Å². The molecule has 5 rings (SSSR count). The van der Waals surface area contributed by atoms with Crippen LogP contribution in [-0.2, 0) is 13.1 Å². The van der Waals surface area contributed by atoms with Crippen LogP contribution < -0.4 is 11.1 Å². The Morgan fingerprint density at radius 3 is 3.12 bits per heavy atom. The Labute approximate surface area is 135 Å². The molecule has 8 heteroatoms. The fraction of sp³-hybridized carbons (Fsp3) is 0.188. The first-order chi connectivity index (χ1) is 11.8. The SMILES string of the molecule is O=c1[nH]c2ccc(-n3ccnc3-c3cc4n(n3)CCNC4)cc2o1. The topological polar surface area (TPSA) is 93.7 Å². The van der Waals surface area contributed by atoms with Crippen LogP contribution in [0.2, 0.25) is 0 Å². The summed E-state index contributed by atoms with van der Waals surface area (Å²) in [7, 11) is 0. The molecule has 2 N–H and O–H groups in total. The van der Waals surface area contributed by atoms with Gasteiger partial charge in [-0.25, -0.2) is 9.78 Å². The van der Waals surface area contributed by atoms with Gasteiger partial charge >= 0.3 is 5.76 Å². The number of aromatic amines is 1. The smallest absolute Gasteiger partial charge is 0.408 e. The van der Waals surface area contributed by atoms with Crippen molar-refractivity contribution in [2.75, 3.05) is 6.54 Å². The average molecular weight is 322 g/mol. The largest absolute Gasteiger partial charge is 0.417 e. The molecule has 4 heterocycles. The summed E-state index contributed by atoms with van der Waals surface area (Å²) in [6.45, 7) is 2.59. The van der Waals surface area contributed by atoms with Gasteiger partial charge in [0, 0.05) is 31.5 Å². The zero-order valence-corrected chi connectivity index (χ0v) is 12.7. The highest BCUT2D eigenvalue weighted by atomic mass is 16.4. The zero-order valence-electron chi connectivity index (χ0n) is 12.7. The van der Waals surface area contributed by atoms with E-state index in [-0.39, 0.29) is 0 Å². The highest BCUT2D eigenvalue weighted by Gasteiger charge is 2.17. The third-order valence-electron chi connectivity index (χ3n) is 4.22. The standard InChI is InChI=1S/C16H14N6O2/c23-16-19-12-2-1-10(8-14(12)24-16)21-5-4-18-15(21)13-7-11-9-17-3-6-22(11)20-13/h1-2,4-5,7-8,17H,3,6,9H2,(H,19,23). The van der Waals surface area contributed by atoms with Crippen LogP contribution >= 0.6 is 0 Å². The van der Waals surface area contributed by atoms with Gasteiger partial charge in [-0.1, -0.05) is 0 Å².